The van der Waals surface area contributed by atoms with E-state index in [0.717, 1.165) is 11.1 Å². The number of hydrogen-bond acceptors (Lipinski definition) is 8. The molecule has 2 amide bonds. The minimum atomic E-state index is -0.319. The fourth-order valence-corrected chi connectivity index (χ4v) is 4.62. The lowest BCUT2D eigenvalue weighted by molar-refractivity contribution is 0.101. The fourth-order valence-electron chi connectivity index (χ4n) is 4.62. The molecule has 0 unspecified atom stereocenters. The topological polar surface area (TPSA) is 194 Å². The third-order valence-corrected chi connectivity index (χ3v) is 7.12. The van der Waals surface area contributed by atoms with Gasteiger partial charge in [-0.2, -0.15) is 9.97 Å². The molecule has 0 fully saturated rings. The Bertz CT molecular complexity index is 1820. The summed E-state index contributed by atoms with van der Waals surface area (Å²) in [5.41, 5.74) is 17.3. The second kappa shape index (κ2) is 12.4. The van der Waals surface area contributed by atoms with Crippen molar-refractivity contribution in [2.45, 2.75) is 26.9 Å². The molecule has 0 radical (unpaired) electrons. The molecular formula is C32H32N10O2. The van der Waals surface area contributed by atoms with E-state index >= 15 is 0 Å². The van der Waals surface area contributed by atoms with E-state index in [1.807, 2.05) is 38.1 Å². The second-order valence-electron chi connectivity index (χ2n) is 9.94. The average molecular weight is 589 g/mol. The largest absolute Gasteiger partial charge is 0.383 e. The lowest BCUT2D eigenvalue weighted by Crippen LogP contribution is -2.23. The van der Waals surface area contributed by atoms with Gasteiger partial charge in [-0.3, -0.25) is 20.4 Å². The zero-order valence-corrected chi connectivity index (χ0v) is 24.3. The van der Waals surface area contributed by atoms with Gasteiger partial charge in [0.05, 0.1) is 0 Å². The van der Waals surface area contributed by atoms with Crippen LogP contribution in [0.15, 0.2) is 85.2 Å². The Morgan fingerprint density at radius 3 is 1.30 bits per heavy atom. The maximum absolute atomic E-state index is 12.9. The first-order chi connectivity index (χ1) is 21.2. The number of aromatic nitrogens is 4. The number of hydrogen-bond donors (Lipinski definition) is 6. The Morgan fingerprint density at radius 2 is 0.977 bits per heavy atom. The molecule has 3 aromatic carbocycles. The number of carbonyl (C=O) groups is 2. The van der Waals surface area contributed by atoms with Crippen molar-refractivity contribution in [2.24, 2.45) is 0 Å². The average Bonchev–Trinajstić information content (AvgIpc) is 3.02. The molecule has 2 aromatic heterocycles. The summed E-state index contributed by atoms with van der Waals surface area (Å²) < 4.78 is 3.38. The number of anilines is 4. The van der Waals surface area contributed by atoms with Gasteiger partial charge in [0.25, 0.3) is 11.8 Å². The molecule has 0 spiro atoms. The van der Waals surface area contributed by atoms with E-state index in [1.54, 1.807) is 70.1 Å². The zero-order chi connectivity index (χ0) is 31.4. The van der Waals surface area contributed by atoms with Crippen molar-refractivity contribution >= 4 is 34.8 Å². The molecule has 0 aliphatic rings. The van der Waals surface area contributed by atoms with Crippen LogP contribution in [0.4, 0.5) is 23.0 Å². The molecule has 2 heterocycles. The van der Waals surface area contributed by atoms with E-state index in [2.05, 4.69) is 20.6 Å². The van der Waals surface area contributed by atoms with E-state index in [4.69, 9.17) is 22.3 Å². The first kappa shape index (κ1) is 29.5. The Labute approximate surface area is 253 Å². The molecule has 44 heavy (non-hydrogen) atoms. The Morgan fingerprint density at radius 1 is 0.636 bits per heavy atom. The van der Waals surface area contributed by atoms with Crippen LogP contribution >= 0.6 is 0 Å². The van der Waals surface area contributed by atoms with Crippen molar-refractivity contribution in [3.63, 3.8) is 0 Å². The van der Waals surface area contributed by atoms with Crippen molar-refractivity contribution < 1.29 is 9.59 Å². The lowest BCUT2D eigenvalue weighted by atomic mass is 10.1. The van der Waals surface area contributed by atoms with E-state index in [9.17, 15) is 9.59 Å². The molecule has 0 saturated heterocycles. The van der Waals surface area contributed by atoms with Crippen LogP contribution in [0.5, 0.6) is 0 Å². The summed E-state index contributed by atoms with van der Waals surface area (Å²) in [6.45, 7) is 5.04. The molecule has 5 aromatic rings. The molecule has 0 bridgehead atoms. The van der Waals surface area contributed by atoms with Crippen LogP contribution in [-0.4, -0.2) is 30.9 Å². The number of amides is 2. The summed E-state index contributed by atoms with van der Waals surface area (Å²) in [4.78, 5) is 33.9. The summed E-state index contributed by atoms with van der Waals surface area (Å²) in [5, 5.41) is 21.5. The highest BCUT2D eigenvalue weighted by Gasteiger charge is 2.12. The summed E-state index contributed by atoms with van der Waals surface area (Å²) in [6.07, 6.45) is 3.58. The van der Waals surface area contributed by atoms with E-state index in [-0.39, 0.29) is 34.7 Å². The third-order valence-electron chi connectivity index (χ3n) is 7.12. The number of carbonyl (C=O) groups excluding carboxylic acids is 2. The van der Waals surface area contributed by atoms with Crippen LogP contribution < -0.4 is 33.3 Å². The minimum absolute atomic E-state index is 0.0946. The number of nitrogen functional groups attached to an aromatic ring is 2. The van der Waals surface area contributed by atoms with Gasteiger partial charge < -0.3 is 31.2 Å². The van der Waals surface area contributed by atoms with E-state index in [1.165, 1.54) is 0 Å². The summed E-state index contributed by atoms with van der Waals surface area (Å²) >= 11 is 0. The van der Waals surface area contributed by atoms with Crippen molar-refractivity contribution in [1.82, 2.24) is 19.1 Å². The number of aryl methyl sites for hydroxylation is 2. The SMILES string of the molecule is CCn1cc(-c2ccc(NC(=O)c3ccc(C(=O)Nc4ccc(-c5cn(CC)c(=N)nc5N)cc4)cc3)cc2)c(N)nc1=N. The normalized spacial score (nSPS) is 10.8. The summed E-state index contributed by atoms with van der Waals surface area (Å²) in [5.74, 6) is -0.108. The van der Waals surface area contributed by atoms with Gasteiger partial charge in [-0.15, -0.1) is 0 Å². The predicted molar refractivity (Wildman–Crippen MR) is 170 cm³/mol. The summed E-state index contributed by atoms with van der Waals surface area (Å²) in [7, 11) is 0. The quantitative estimate of drug-likeness (QED) is 0.158. The maximum atomic E-state index is 12.9. The van der Waals surface area contributed by atoms with Gasteiger partial charge in [0, 0.05) is 59.1 Å². The first-order valence-electron chi connectivity index (χ1n) is 13.9. The van der Waals surface area contributed by atoms with Gasteiger partial charge in [0.2, 0.25) is 11.2 Å². The van der Waals surface area contributed by atoms with Crippen LogP contribution in [0.3, 0.4) is 0 Å². The molecule has 0 atom stereocenters. The molecule has 222 valence electrons. The molecule has 0 saturated carbocycles. The van der Waals surface area contributed by atoms with Crippen LogP contribution in [-0.2, 0) is 13.1 Å². The number of nitrogens with zero attached hydrogens (tertiary/aromatic N) is 4. The third kappa shape index (κ3) is 6.23. The number of rotatable bonds is 8. The smallest absolute Gasteiger partial charge is 0.255 e. The zero-order valence-electron chi connectivity index (χ0n) is 24.3. The van der Waals surface area contributed by atoms with Gasteiger partial charge in [-0.25, -0.2) is 0 Å². The summed E-state index contributed by atoms with van der Waals surface area (Å²) in [6, 6.07) is 20.7. The molecule has 0 aliphatic heterocycles. The standard InChI is InChI=1S/C32H32N10O2/c1-3-41-17-25(27(33)39-31(41)35)19-9-13-23(14-10-19)37-29(43)21-5-7-22(8-6-21)30(44)38-24-15-11-20(12-16-24)26-18-42(4-2)32(36)40-28(26)34/h5-18H,3-4H2,1-2H3,(H,37,43)(H,38,44)(H3,33,35,39)(H3,34,36,40). The van der Waals surface area contributed by atoms with Gasteiger partial charge >= 0.3 is 0 Å². The molecular weight excluding hydrogens is 556 g/mol. The number of nitrogens with two attached hydrogens (primary N) is 2. The second-order valence-corrected chi connectivity index (χ2v) is 9.94. The predicted octanol–water partition coefficient (Wildman–Crippen LogP) is 4.08. The lowest BCUT2D eigenvalue weighted by Gasteiger charge is -2.11. The van der Waals surface area contributed by atoms with Crippen LogP contribution in [0.25, 0.3) is 22.3 Å². The fraction of sp³-hybridized carbons (Fsp3) is 0.125. The first-order valence-corrected chi connectivity index (χ1v) is 13.9. The highest BCUT2D eigenvalue weighted by atomic mass is 16.2. The maximum Gasteiger partial charge on any atom is 0.255 e. The van der Waals surface area contributed by atoms with Crippen LogP contribution in [0, 0.1) is 10.8 Å². The Hall–Kier alpha value is -6.04. The van der Waals surface area contributed by atoms with Crippen LogP contribution in [0.1, 0.15) is 34.6 Å². The van der Waals surface area contributed by atoms with Crippen molar-refractivity contribution in [2.75, 3.05) is 22.1 Å². The van der Waals surface area contributed by atoms with Crippen molar-refractivity contribution in [3.05, 3.63) is 108 Å². The van der Waals surface area contributed by atoms with E-state index in [0.29, 0.717) is 46.7 Å². The van der Waals surface area contributed by atoms with Crippen LogP contribution in [0.2, 0.25) is 0 Å². The van der Waals surface area contributed by atoms with Gasteiger partial charge in [-0.1, -0.05) is 24.3 Å². The molecule has 12 nitrogen and oxygen atoms in total. The van der Waals surface area contributed by atoms with E-state index < -0.39 is 0 Å². The molecule has 5 rings (SSSR count). The number of benzene rings is 3. The highest BCUT2D eigenvalue weighted by Crippen LogP contribution is 2.26. The minimum Gasteiger partial charge on any atom is -0.383 e. The Balaban J connectivity index is 1.22. The van der Waals surface area contributed by atoms with Gasteiger partial charge in [0.15, 0.2) is 0 Å². The van der Waals surface area contributed by atoms with Crippen molar-refractivity contribution in [1.29, 1.82) is 10.8 Å². The van der Waals surface area contributed by atoms with Crippen molar-refractivity contribution in [3.8, 4) is 22.3 Å². The monoisotopic (exact) mass is 588 g/mol. The molecule has 8 N–H and O–H groups in total. The highest BCUT2D eigenvalue weighted by molar-refractivity contribution is 6.07. The molecule has 12 heteroatoms. The Kier molecular flexibility index (Phi) is 8.33. The number of nitrogens with one attached hydrogen (secondary N) is 4. The van der Waals surface area contributed by atoms with Gasteiger partial charge in [0.1, 0.15) is 11.6 Å². The molecule has 0 aliphatic carbocycles. The van der Waals surface area contributed by atoms with Gasteiger partial charge in [-0.05, 0) is 73.5 Å².